The van der Waals surface area contributed by atoms with Crippen molar-refractivity contribution in [3.63, 3.8) is 0 Å². The summed E-state index contributed by atoms with van der Waals surface area (Å²) in [6.07, 6.45) is 2.41. The van der Waals surface area contributed by atoms with Gasteiger partial charge >= 0.3 is 5.97 Å². The number of hydrogen-bond donors (Lipinski definition) is 2. The molecule has 18 heavy (non-hydrogen) atoms. The third-order valence-electron chi connectivity index (χ3n) is 2.98. The van der Waals surface area contributed by atoms with Crippen LogP contribution in [-0.2, 0) is 24.3 Å². The van der Waals surface area contributed by atoms with Crippen molar-refractivity contribution in [2.45, 2.75) is 59.2 Å². The van der Waals surface area contributed by atoms with E-state index in [9.17, 15) is 4.79 Å². The predicted molar refractivity (Wildman–Crippen MR) is 70.5 cm³/mol. The summed E-state index contributed by atoms with van der Waals surface area (Å²) in [7, 11) is 0. The van der Waals surface area contributed by atoms with Crippen LogP contribution in [0.25, 0.3) is 0 Å². The standard InChI is InChI=1S/C13H23N3O2/c1-4-7-12(13(17)18)14-9-11-8-10(5-2)15-16(11)6-3/h8,12,14H,4-7,9H2,1-3H3,(H,17,18). The zero-order chi connectivity index (χ0) is 13.5. The molecule has 1 rings (SSSR count). The summed E-state index contributed by atoms with van der Waals surface area (Å²) in [4.78, 5) is 11.0. The van der Waals surface area contributed by atoms with Crippen molar-refractivity contribution in [1.29, 1.82) is 0 Å². The second-order valence-electron chi connectivity index (χ2n) is 4.36. The number of nitrogens with zero attached hydrogens (tertiary/aromatic N) is 2. The summed E-state index contributed by atoms with van der Waals surface area (Å²) < 4.78 is 1.93. The van der Waals surface area contributed by atoms with Gasteiger partial charge in [0.2, 0.25) is 0 Å². The Kier molecular flexibility index (Phi) is 5.85. The molecule has 1 aromatic rings. The molecular formula is C13H23N3O2. The van der Waals surface area contributed by atoms with E-state index < -0.39 is 12.0 Å². The van der Waals surface area contributed by atoms with Gasteiger partial charge < -0.3 is 5.11 Å². The lowest BCUT2D eigenvalue weighted by molar-refractivity contribution is -0.139. The highest BCUT2D eigenvalue weighted by molar-refractivity contribution is 5.73. The van der Waals surface area contributed by atoms with Gasteiger partial charge in [-0.05, 0) is 25.8 Å². The molecule has 1 atom stereocenters. The van der Waals surface area contributed by atoms with Crippen molar-refractivity contribution in [3.05, 3.63) is 17.5 Å². The molecule has 0 aliphatic rings. The number of hydrogen-bond acceptors (Lipinski definition) is 3. The molecule has 0 bridgehead atoms. The van der Waals surface area contributed by atoms with Crippen molar-refractivity contribution >= 4 is 5.97 Å². The van der Waals surface area contributed by atoms with E-state index in [-0.39, 0.29) is 0 Å². The number of rotatable bonds is 8. The highest BCUT2D eigenvalue weighted by atomic mass is 16.4. The maximum Gasteiger partial charge on any atom is 0.320 e. The van der Waals surface area contributed by atoms with Crippen LogP contribution in [0, 0.1) is 0 Å². The molecule has 0 fully saturated rings. The van der Waals surface area contributed by atoms with Gasteiger partial charge in [-0.1, -0.05) is 20.3 Å². The highest BCUT2D eigenvalue weighted by Crippen LogP contribution is 2.07. The quantitative estimate of drug-likeness (QED) is 0.741. The molecule has 2 N–H and O–H groups in total. The van der Waals surface area contributed by atoms with Crippen molar-refractivity contribution in [2.24, 2.45) is 0 Å². The number of carboxylic acids is 1. The van der Waals surface area contributed by atoms with Crippen molar-refractivity contribution < 1.29 is 9.90 Å². The summed E-state index contributed by atoms with van der Waals surface area (Å²) in [6.45, 7) is 7.46. The SMILES string of the molecule is CCCC(NCc1cc(CC)nn1CC)C(=O)O. The van der Waals surface area contributed by atoms with Crippen LogP contribution in [0.4, 0.5) is 0 Å². The molecule has 1 unspecified atom stereocenters. The number of carbonyl (C=O) groups is 1. The molecule has 0 spiro atoms. The maximum atomic E-state index is 11.0. The van der Waals surface area contributed by atoms with E-state index in [1.807, 2.05) is 24.6 Å². The first-order valence-electron chi connectivity index (χ1n) is 6.64. The molecular weight excluding hydrogens is 230 g/mol. The number of aryl methyl sites for hydroxylation is 2. The molecule has 1 heterocycles. The molecule has 0 radical (unpaired) electrons. The van der Waals surface area contributed by atoms with Gasteiger partial charge in [-0.15, -0.1) is 0 Å². The second kappa shape index (κ2) is 7.16. The van der Waals surface area contributed by atoms with Gasteiger partial charge in [-0.2, -0.15) is 5.10 Å². The average Bonchev–Trinajstić information content (AvgIpc) is 2.76. The van der Waals surface area contributed by atoms with Crippen molar-refractivity contribution in [3.8, 4) is 0 Å². The Balaban J connectivity index is 2.66. The van der Waals surface area contributed by atoms with Crippen LogP contribution in [0.2, 0.25) is 0 Å². The summed E-state index contributed by atoms with van der Waals surface area (Å²) in [5.74, 6) is -0.782. The molecule has 5 heteroatoms. The molecule has 0 aliphatic heterocycles. The molecule has 102 valence electrons. The minimum atomic E-state index is -0.782. The first-order chi connectivity index (χ1) is 8.62. The minimum absolute atomic E-state index is 0.472. The molecule has 1 aromatic heterocycles. The predicted octanol–water partition coefficient (Wildman–Crippen LogP) is 1.81. The molecule has 0 aliphatic carbocycles. The molecule has 0 saturated carbocycles. The largest absolute Gasteiger partial charge is 0.480 e. The number of carboxylic acid groups (broad SMARTS) is 1. The number of aliphatic carboxylic acids is 1. The third-order valence-corrected chi connectivity index (χ3v) is 2.98. The fourth-order valence-corrected chi connectivity index (χ4v) is 1.93. The van der Waals surface area contributed by atoms with Gasteiger partial charge in [-0.25, -0.2) is 0 Å². The Labute approximate surface area is 108 Å². The van der Waals surface area contributed by atoms with E-state index in [1.165, 1.54) is 0 Å². The summed E-state index contributed by atoms with van der Waals surface area (Å²) >= 11 is 0. The van der Waals surface area contributed by atoms with Gasteiger partial charge in [-0.3, -0.25) is 14.8 Å². The molecule has 5 nitrogen and oxygen atoms in total. The van der Waals surface area contributed by atoms with Gasteiger partial charge in [0.15, 0.2) is 0 Å². The number of nitrogens with one attached hydrogen (secondary N) is 1. The van der Waals surface area contributed by atoms with Gasteiger partial charge in [0.05, 0.1) is 11.4 Å². The van der Waals surface area contributed by atoms with E-state index in [1.54, 1.807) is 0 Å². The van der Waals surface area contributed by atoms with Crippen LogP contribution in [0.3, 0.4) is 0 Å². The topological polar surface area (TPSA) is 67.2 Å². The van der Waals surface area contributed by atoms with E-state index in [4.69, 9.17) is 5.11 Å². The van der Waals surface area contributed by atoms with Crippen LogP contribution in [0.1, 0.15) is 45.0 Å². The highest BCUT2D eigenvalue weighted by Gasteiger charge is 2.16. The summed E-state index contributed by atoms with van der Waals surface area (Å²) in [5, 5.41) is 16.6. The first kappa shape index (κ1) is 14.7. The van der Waals surface area contributed by atoms with E-state index in [2.05, 4.69) is 17.3 Å². The van der Waals surface area contributed by atoms with Crippen LogP contribution < -0.4 is 5.32 Å². The zero-order valence-electron chi connectivity index (χ0n) is 11.4. The third kappa shape index (κ3) is 3.84. The summed E-state index contributed by atoms with van der Waals surface area (Å²) in [5.41, 5.74) is 2.10. The zero-order valence-corrected chi connectivity index (χ0v) is 11.4. The normalized spacial score (nSPS) is 12.6. The van der Waals surface area contributed by atoms with E-state index in [0.717, 1.165) is 30.8 Å². The average molecular weight is 253 g/mol. The lowest BCUT2D eigenvalue weighted by Crippen LogP contribution is -2.36. The van der Waals surface area contributed by atoms with Crippen LogP contribution in [0.5, 0.6) is 0 Å². The number of aromatic nitrogens is 2. The Morgan fingerprint density at radius 2 is 2.22 bits per heavy atom. The Morgan fingerprint density at radius 3 is 2.72 bits per heavy atom. The first-order valence-corrected chi connectivity index (χ1v) is 6.64. The van der Waals surface area contributed by atoms with Gasteiger partial charge in [0.25, 0.3) is 0 Å². The molecule has 0 aromatic carbocycles. The fourth-order valence-electron chi connectivity index (χ4n) is 1.93. The lowest BCUT2D eigenvalue weighted by atomic mass is 10.1. The Morgan fingerprint density at radius 1 is 1.50 bits per heavy atom. The smallest absolute Gasteiger partial charge is 0.320 e. The van der Waals surface area contributed by atoms with Crippen molar-refractivity contribution in [2.75, 3.05) is 0 Å². The molecule has 0 saturated heterocycles. The van der Waals surface area contributed by atoms with E-state index >= 15 is 0 Å². The fraction of sp³-hybridized carbons (Fsp3) is 0.692. The summed E-state index contributed by atoms with van der Waals surface area (Å²) in [6, 6.07) is 1.57. The van der Waals surface area contributed by atoms with E-state index in [0.29, 0.717) is 13.0 Å². The monoisotopic (exact) mass is 253 g/mol. The maximum absolute atomic E-state index is 11.0. The van der Waals surface area contributed by atoms with Gasteiger partial charge in [0, 0.05) is 13.1 Å². The van der Waals surface area contributed by atoms with Crippen molar-refractivity contribution in [1.82, 2.24) is 15.1 Å². The van der Waals surface area contributed by atoms with Crippen LogP contribution in [0.15, 0.2) is 6.07 Å². The second-order valence-corrected chi connectivity index (χ2v) is 4.36. The van der Waals surface area contributed by atoms with Crippen LogP contribution >= 0.6 is 0 Å². The minimum Gasteiger partial charge on any atom is -0.480 e. The van der Waals surface area contributed by atoms with Gasteiger partial charge in [0.1, 0.15) is 6.04 Å². The Bertz CT molecular complexity index is 388. The lowest BCUT2D eigenvalue weighted by Gasteiger charge is -2.13. The van der Waals surface area contributed by atoms with Crippen LogP contribution in [-0.4, -0.2) is 26.9 Å². The Hall–Kier alpha value is -1.36. The molecule has 0 amide bonds.